The highest BCUT2D eigenvalue weighted by molar-refractivity contribution is 4.27. The van der Waals surface area contributed by atoms with Gasteiger partial charge in [-0.2, -0.15) is 5.54 Å². The average molecular weight is 259 g/mol. The van der Waals surface area contributed by atoms with E-state index in [1.54, 1.807) is 0 Å². The predicted octanol–water partition coefficient (Wildman–Crippen LogP) is 3.86. The normalized spacial score (nSPS) is 6.00. The van der Waals surface area contributed by atoms with E-state index in [1.807, 2.05) is 6.92 Å². The van der Waals surface area contributed by atoms with Crippen molar-refractivity contribution in [3.8, 4) is 0 Å². The van der Waals surface area contributed by atoms with Crippen LogP contribution in [-0.2, 0) is 4.74 Å². The third-order valence-corrected chi connectivity index (χ3v) is 0.545. The molecule has 0 atom stereocenters. The zero-order valence-corrected chi connectivity index (χ0v) is 7.43. The molecule has 0 aromatic heterocycles. The Hall–Kier alpha value is -0.710. The summed E-state index contributed by atoms with van der Waals surface area (Å²) in [5.41, 5.74) is 1.48. The fraction of sp³-hybridized carbons (Fsp3) is 1.00. The third-order valence-electron chi connectivity index (χ3n) is 0.545. The van der Waals surface area contributed by atoms with Crippen molar-refractivity contribution in [1.82, 2.24) is 5.54 Å². The summed E-state index contributed by atoms with van der Waals surface area (Å²) in [7, 11) is 0. The number of nitrogens with one attached hydrogen (secondary N) is 1. The lowest BCUT2D eigenvalue weighted by Gasteiger charge is -1.94. The molecule has 0 fully saturated rings. The molecule has 0 amide bonds. The molecule has 0 aromatic carbocycles. The summed E-state index contributed by atoms with van der Waals surface area (Å²) in [4.78, 5) is 0. The minimum atomic E-state index is 0.286. The van der Waals surface area contributed by atoms with Crippen LogP contribution in [0, 0.1) is 0 Å². The van der Waals surface area contributed by atoms with Gasteiger partial charge in [0.25, 0.3) is 0 Å². The molecule has 0 bridgehead atoms. The van der Waals surface area contributed by atoms with Gasteiger partial charge in [-0.1, -0.05) is 0 Å². The molecule has 11 heteroatoms. The van der Waals surface area contributed by atoms with E-state index in [-0.39, 0.29) is 6.54 Å². The standard InChI is InChI=1S/C4H10FNO.4F2/c1-2-7-4-3-6-5;4*1-2/h6H,2-4H2,1H3;;;;. The van der Waals surface area contributed by atoms with Crippen LogP contribution in [0.4, 0.5) is 41.1 Å². The molecule has 0 heterocycles. The minimum absolute atomic E-state index is 0.286. The topological polar surface area (TPSA) is 21.3 Å². The molecule has 0 unspecified atom stereocenters. The summed E-state index contributed by atoms with van der Waals surface area (Å²) in [6, 6.07) is 0. The second-order valence-corrected chi connectivity index (χ2v) is 1.08. The van der Waals surface area contributed by atoms with Crippen LogP contribution in [0.5, 0.6) is 0 Å². The van der Waals surface area contributed by atoms with E-state index in [1.165, 1.54) is 5.54 Å². The third kappa shape index (κ3) is 157. The lowest BCUT2D eigenvalue weighted by molar-refractivity contribution is 0.108. The Morgan fingerprint density at radius 3 is 1.40 bits per heavy atom. The van der Waals surface area contributed by atoms with Gasteiger partial charge in [0.2, 0.25) is 0 Å². The molecular formula is C4H10F9NO. The van der Waals surface area contributed by atoms with E-state index < -0.39 is 0 Å². The molecule has 0 saturated carbocycles. The van der Waals surface area contributed by atoms with E-state index in [4.69, 9.17) is 41.3 Å². The molecule has 0 spiro atoms. The highest BCUT2D eigenvalue weighted by Gasteiger charge is 1.79. The van der Waals surface area contributed by atoms with E-state index >= 15 is 0 Å². The monoisotopic (exact) mass is 259 g/mol. The zero-order valence-electron chi connectivity index (χ0n) is 7.43. The molecule has 0 radical (unpaired) electrons. The lowest BCUT2D eigenvalue weighted by Crippen LogP contribution is -2.09. The summed E-state index contributed by atoms with van der Waals surface area (Å²) in [6.45, 7) is 3.26. The van der Waals surface area contributed by atoms with Gasteiger partial charge in [-0.15, -0.1) is 4.48 Å². The highest BCUT2D eigenvalue weighted by atomic mass is 20.0. The number of rotatable bonds is 4. The van der Waals surface area contributed by atoms with Crippen molar-refractivity contribution < 1.29 is 45.8 Å². The summed E-state index contributed by atoms with van der Waals surface area (Å²) in [5, 5.41) is 0. The number of ether oxygens (including phenoxy) is 1. The highest BCUT2D eigenvalue weighted by Crippen LogP contribution is 1.68. The predicted molar refractivity (Wildman–Crippen MR) is 34.5 cm³/mol. The first-order chi connectivity index (χ1) is 7.41. The van der Waals surface area contributed by atoms with Crippen molar-refractivity contribution in [1.29, 1.82) is 0 Å². The van der Waals surface area contributed by atoms with Crippen LogP contribution in [0.1, 0.15) is 6.92 Å². The first kappa shape index (κ1) is 29.2. The molecular weight excluding hydrogens is 249 g/mol. The van der Waals surface area contributed by atoms with Crippen LogP contribution in [0.15, 0.2) is 0 Å². The SMILES string of the molecule is CCOCCNF.FF.FF.FF.FF. The van der Waals surface area contributed by atoms with Crippen LogP contribution in [-0.4, -0.2) is 19.8 Å². The van der Waals surface area contributed by atoms with E-state index in [9.17, 15) is 4.48 Å². The number of hydrogen-bond acceptors (Lipinski definition) is 2. The first-order valence-electron chi connectivity index (χ1n) is 2.90. The maximum absolute atomic E-state index is 11.0. The molecule has 0 aromatic rings. The second-order valence-electron chi connectivity index (χ2n) is 1.08. The number of halogens is 9. The van der Waals surface area contributed by atoms with Crippen LogP contribution >= 0.6 is 0 Å². The van der Waals surface area contributed by atoms with E-state index in [0.717, 1.165) is 0 Å². The molecule has 2 nitrogen and oxygen atoms in total. The Kier molecular flexibility index (Phi) is 213. The van der Waals surface area contributed by atoms with Gasteiger partial charge in [-0.25, -0.2) is 0 Å². The number of hydrogen-bond donors (Lipinski definition) is 1. The molecule has 0 aliphatic carbocycles. The van der Waals surface area contributed by atoms with Crippen molar-refractivity contribution in [2.24, 2.45) is 0 Å². The molecule has 0 aliphatic heterocycles. The quantitative estimate of drug-likeness (QED) is 0.470. The average Bonchev–Trinajstić information content (AvgIpc) is 2.40. The van der Waals surface area contributed by atoms with Crippen molar-refractivity contribution in [3.05, 3.63) is 0 Å². The fourth-order valence-electron chi connectivity index (χ4n) is 0.255. The smallest absolute Gasteiger partial charge is 0.0616 e. The van der Waals surface area contributed by atoms with Crippen LogP contribution in [0.25, 0.3) is 0 Å². The second kappa shape index (κ2) is 109. The summed E-state index contributed by atoms with van der Waals surface area (Å²) in [5.74, 6) is 0. The summed E-state index contributed by atoms with van der Waals surface area (Å²) >= 11 is 0. The molecule has 0 aliphatic rings. The van der Waals surface area contributed by atoms with Gasteiger partial charge in [0.15, 0.2) is 0 Å². The van der Waals surface area contributed by atoms with Crippen molar-refractivity contribution in [2.45, 2.75) is 6.92 Å². The Balaban J connectivity index is -0.0000000353. The Morgan fingerprint density at radius 2 is 1.20 bits per heavy atom. The minimum Gasteiger partial charge on any atom is -0.380 e. The van der Waals surface area contributed by atoms with Crippen molar-refractivity contribution in [2.75, 3.05) is 19.8 Å². The molecule has 100 valence electrons. The van der Waals surface area contributed by atoms with Crippen molar-refractivity contribution in [3.63, 3.8) is 0 Å². The Bertz CT molecular complexity index is 41.3. The summed E-state index contributed by atoms with van der Waals surface area (Å²) < 4.78 is 79.8. The largest absolute Gasteiger partial charge is 0.380 e. The van der Waals surface area contributed by atoms with Crippen LogP contribution < -0.4 is 5.54 Å². The summed E-state index contributed by atoms with van der Waals surface area (Å²) in [6.07, 6.45) is 0. The van der Waals surface area contributed by atoms with Crippen molar-refractivity contribution >= 4 is 0 Å². The zero-order chi connectivity index (χ0) is 13.5. The molecule has 15 heavy (non-hydrogen) atoms. The van der Waals surface area contributed by atoms with Gasteiger partial charge < -0.3 is 4.74 Å². The van der Waals surface area contributed by atoms with E-state index in [0.29, 0.717) is 13.2 Å². The molecule has 1 N–H and O–H groups in total. The van der Waals surface area contributed by atoms with E-state index in [2.05, 4.69) is 0 Å². The van der Waals surface area contributed by atoms with Crippen LogP contribution in [0.2, 0.25) is 0 Å². The first-order valence-corrected chi connectivity index (χ1v) is 2.90. The van der Waals surface area contributed by atoms with Crippen LogP contribution in [0.3, 0.4) is 0 Å². The van der Waals surface area contributed by atoms with Gasteiger partial charge >= 0.3 is 0 Å². The van der Waals surface area contributed by atoms with Gasteiger partial charge in [-0.05, 0) is 6.92 Å². The Labute approximate surface area is 79.4 Å². The van der Waals surface area contributed by atoms with Gasteiger partial charge in [0.05, 0.1) is 6.61 Å². The molecule has 0 rings (SSSR count). The molecule has 0 saturated heterocycles. The van der Waals surface area contributed by atoms with Gasteiger partial charge in [-0.3, -0.25) is 0 Å². The van der Waals surface area contributed by atoms with Gasteiger partial charge in [0, 0.05) is 49.7 Å². The maximum atomic E-state index is 11.0. The maximum Gasteiger partial charge on any atom is 0.0616 e. The lowest BCUT2D eigenvalue weighted by atomic mass is 10.7. The fourth-order valence-corrected chi connectivity index (χ4v) is 0.255. The van der Waals surface area contributed by atoms with Gasteiger partial charge in [0.1, 0.15) is 0 Å². The Morgan fingerprint density at radius 1 is 0.867 bits per heavy atom.